The highest BCUT2D eigenvalue weighted by Gasteiger charge is 2.23. The molecule has 3 rings (SSSR count). The lowest BCUT2D eigenvalue weighted by molar-refractivity contribution is 0.0786. The molecule has 0 atom stereocenters. The molecule has 5 heteroatoms. The first-order valence-corrected chi connectivity index (χ1v) is 7.14. The van der Waals surface area contributed by atoms with Crippen molar-refractivity contribution < 1.29 is 4.79 Å². The van der Waals surface area contributed by atoms with Crippen molar-refractivity contribution in [3.05, 3.63) is 17.6 Å². The van der Waals surface area contributed by atoms with Crippen molar-refractivity contribution >= 4 is 11.7 Å². The van der Waals surface area contributed by atoms with Gasteiger partial charge in [-0.05, 0) is 32.6 Å². The minimum atomic E-state index is 0.0587. The molecule has 1 amide bonds. The Labute approximate surface area is 113 Å². The van der Waals surface area contributed by atoms with Gasteiger partial charge in [0, 0.05) is 32.2 Å². The zero-order chi connectivity index (χ0) is 13.2. The van der Waals surface area contributed by atoms with Gasteiger partial charge in [-0.15, -0.1) is 0 Å². The molecule has 0 bridgehead atoms. The summed E-state index contributed by atoms with van der Waals surface area (Å²) < 4.78 is 0. The Kier molecular flexibility index (Phi) is 3.36. The second kappa shape index (κ2) is 5.15. The van der Waals surface area contributed by atoms with Crippen LogP contribution in [0.25, 0.3) is 0 Å². The molecule has 0 unspecified atom stereocenters. The van der Waals surface area contributed by atoms with Crippen LogP contribution in [0, 0.1) is 6.92 Å². The number of nitrogens with zero attached hydrogens (tertiary/aromatic N) is 4. The highest BCUT2D eigenvalue weighted by Crippen LogP contribution is 2.20. The third-order valence-electron chi connectivity index (χ3n) is 3.87. The maximum Gasteiger partial charge on any atom is 0.272 e. The maximum absolute atomic E-state index is 12.4. The topological polar surface area (TPSA) is 49.3 Å². The number of likely N-dealkylation sites (tertiary alicyclic amines) is 1. The summed E-state index contributed by atoms with van der Waals surface area (Å²) in [5, 5.41) is 0. The SMILES string of the molecule is Cc1nc(C(=O)N2CCCC2)cc(N2CCCC2)n1. The summed E-state index contributed by atoms with van der Waals surface area (Å²) in [4.78, 5) is 25.3. The maximum atomic E-state index is 12.4. The van der Waals surface area contributed by atoms with E-state index in [9.17, 15) is 4.79 Å². The number of carbonyl (C=O) groups is 1. The van der Waals surface area contributed by atoms with Crippen molar-refractivity contribution in [3.8, 4) is 0 Å². The monoisotopic (exact) mass is 260 g/mol. The first-order chi connectivity index (χ1) is 9.24. The average molecular weight is 260 g/mol. The minimum Gasteiger partial charge on any atom is -0.356 e. The van der Waals surface area contributed by atoms with Crippen molar-refractivity contribution in [1.82, 2.24) is 14.9 Å². The molecule has 0 saturated carbocycles. The molecule has 2 saturated heterocycles. The first kappa shape index (κ1) is 12.4. The number of amides is 1. The van der Waals surface area contributed by atoms with E-state index < -0.39 is 0 Å². The summed E-state index contributed by atoms with van der Waals surface area (Å²) in [5.41, 5.74) is 0.552. The van der Waals surface area contributed by atoms with Gasteiger partial charge < -0.3 is 9.80 Å². The number of hydrogen-bond donors (Lipinski definition) is 0. The molecular formula is C14H20N4O. The first-order valence-electron chi connectivity index (χ1n) is 7.14. The number of aromatic nitrogens is 2. The molecule has 102 valence electrons. The van der Waals surface area contributed by atoms with E-state index in [1.807, 2.05) is 17.9 Å². The van der Waals surface area contributed by atoms with Crippen molar-refractivity contribution in [2.45, 2.75) is 32.6 Å². The highest BCUT2D eigenvalue weighted by atomic mass is 16.2. The molecule has 1 aromatic rings. The largest absolute Gasteiger partial charge is 0.356 e. The van der Waals surface area contributed by atoms with E-state index in [0.717, 1.165) is 44.8 Å². The van der Waals surface area contributed by atoms with Crippen LogP contribution in [-0.4, -0.2) is 47.0 Å². The molecule has 2 fully saturated rings. The zero-order valence-corrected chi connectivity index (χ0v) is 11.4. The van der Waals surface area contributed by atoms with E-state index in [4.69, 9.17) is 0 Å². The Balaban J connectivity index is 1.86. The van der Waals surface area contributed by atoms with Gasteiger partial charge in [-0.1, -0.05) is 0 Å². The van der Waals surface area contributed by atoms with Crippen LogP contribution in [0.15, 0.2) is 6.07 Å². The van der Waals surface area contributed by atoms with Crippen LogP contribution < -0.4 is 4.90 Å². The van der Waals surface area contributed by atoms with Crippen molar-refractivity contribution in [1.29, 1.82) is 0 Å². The third-order valence-corrected chi connectivity index (χ3v) is 3.87. The quantitative estimate of drug-likeness (QED) is 0.811. The zero-order valence-electron chi connectivity index (χ0n) is 11.4. The standard InChI is InChI=1S/C14H20N4O/c1-11-15-12(14(19)18-8-4-5-9-18)10-13(16-11)17-6-2-3-7-17/h10H,2-9H2,1H3. The van der Waals surface area contributed by atoms with Crippen molar-refractivity contribution in [2.75, 3.05) is 31.1 Å². The van der Waals surface area contributed by atoms with Crippen LogP contribution in [0.5, 0.6) is 0 Å². The summed E-state index contributed by atoms with van der Waals surface area (Å²) in [6, 6.07) is 1.86. The second-order valence-electron chi connectivity index (χ2n) is 5.35. The lowest BCUT2D eigenvalue weighted by Crippen LogP contribution is -2.29. The minimum absolute atomic E-state index is 0.0587. The van der Waals surface area contributed by atoms with Gasteiger partial charge in [-0.2, -0.15) is 0 Å². The van der Waals surface area contributed by atoms with Crippen LogP contribution in [0.4, 0.5) is 5.82 Å². The van der Waals surface area contributed by atoms with Gasteiger partial charge in [-0.3, -0.25) is 4.79 Å². The van der Waals surface area contributed by atoms with Crippen molar-refractivity contribution in [3.63, 3.8) is 0 Å². The van der Waals surface area contributed by atoms with Gasteiger partial charge >= 0.3 is 0 Å². The summed E-state index contributed by atoms with van der Waals surface area (Å²) in [5.74, 6) is 1.66. The molecule has 5 nitrogen and oxygen atoms in total. The normalized spacial score (nSPS) is 19.2. The van der Waals surface area contributed by atoms with Crippen LogP contribution in [0.3, 0.4) is 0 Å². The molecule has 1 aromatic heterocycles. The van der Waals surface area contributed by atoms with Crippen molar-refractivity contribution in [2.24, 2.45) is 0 Å². The predicted octanol–water partition coefficient (Wildman–Crippen LogP) is 1.62. The molecular weight excluding hydrogens is 240 g/mol. The van der Waals surface area contributed by atoms with Crippen LogP contribution in [0.2, 0.25) is 0 Å². The summed E-state index contributed by atoms with van der Waals surface area (Å²) in [6.07, 6.45) is 4.63. The van der Waals surface area contributed by atoms with Gasteiger partial charge in [0.05, 0.1) is 0 Å². The van der Waals surface area contributed by atoms with E-state index in [0.29, 0.717) is 11.5 Å². The molecule has 19 heavy (non-hydrogen) atoms. The predicted molar refractivity (Wildman–Crippen MR) is 73.4 cm³/mol. The summed E-state index contributed by atoms with van der Waals surface area (Å²) in [6.45, 7) is 5.66. The van der Waals surface area contributed by atoms with Crippen LogP contribution in [-0.2, 0) is 0 Å². The Hall–Kier alpha value is -1.65. The molecule has 3 heterocycles. The average Bonchev–Trinajstić information content (AvgIpc) is 3.10. The molecule has 0 radical (unpaired) electrons. The number of anilines is 1. The van der Waals surface area contributed by atoms with Gasteiger partial charge in [0.15, 0.2) is 0 Å². The fourth-order valence-corrected chi connectivity index (χ4v) is 2.85. The molecule has 0 aromatic carbocycles. The molecule has 0 N–H and O–H groups in total. The van der Waals surface area contributed by atoms with E-state index in [-0.39, 0.29) is 5.91 Å². The third kappa shape index (κ3) is 2.55. The lowest BCUT2D eigenvalue weighted by atomic mass is 10.3. The van der Waals surface area contributed by atoms with E-state index in [1.165, 1.54) is 12.8 Å². The summed E-state index contributed by atoms with van der Waals surface area (Å²) >= 11 is 0. The fourth-order valence-electron chi connectivity index (χ4n) is 2.85. The number of hydrogen-bond acceptors (Lipinski definition) is 4. The van der Waals surface area contributed by atoms with E-state index >= 15 is 0 Å². The molecule has 2 aliphatic rings. The Morgan fingerprint density at radius 3 is 2.37 bits per heavy atom. The van der Waals surface area contributed by atoms with E-state index in [1.54, 1.807) is 0 Å². The number of rotatable bonds is 2. The van der Waals surface area contributed by atoms with E-state index in [2.05, 4.69) is 14.9 Å². The van der Waals surface area contributed by atoms with Crippen LogP contribution >= 0.6 is 0 Å². The molecule has 0 spiro atoms. The number of aryl methyl sites for hydroxylation is 1. The number of carbonyl (C=O) groups excluding carboxylic acids is 1. The lowest BCUT2D eigenvalue weighted by Gasteiger charge is -2.19. The molecule has 2 aliphatic heterocycles. The summed E-state index contributed by atoms with van der Waals surface area (Å²) in [7, 11) is 0. The van der Waals surface area contributed by atoms with Gasteiger partial charge in [0.2, 0.25) is 0 Å². The Morgan fingerprint density at radius 2 is 1.68 bits per heavy atom. The van der Waals surface area contributed by atoms with Gasteiger partial charge in [0.25, 0.3) is 5.91 Å². The van der Waals surface area contributed by atoms with Gasteiger partial charge in [-0.25, -0.2) is 9.97 Å². The highest BCUT2D eigenvalue weighted by molar-refractivity contribution is 5.93. The van der Waals surface area contributed by atoms with Gasteiger partial charge in [0.1, 0.15) is 17.3 Å². The fraction of sp³-hybridized carbons (Fsp3) is 0.643. The smallest absolute Gasteiger partial charge is 0.272 e. The Bertz CT molecular complexity index is 476. The Morgan fingerprint density at radius 1 is 1.05 bits per heavy atom. The van der Waals surface area contributed by atoms with Crippen LogP contribution in [0.1, 0.15) is 42.0 Å². The molecule has 0 aliphatic carbocycles. The second-order valence-corrected chi connectivity index (χ2v) is 5.35.